The van der Waals surface area contributed by atoms with Crippen molar-refractivity contribution in [3.05, 3.63) is 23.8 Å². The van der Waals surface area contributed by atoms with Crippen molar-refractivity contribution < 1.29 is 9.53 Å². The molecule has 0 aromatic heterocycles. The van der Waals surface area contributed by atoms with E-state index >= 15 is 0 Å². The molecule has 0 fully saturated rings. The molecule has 0 amide bonds. The summed E-state index contributed by atoms with van der Waals surface area (Å²) in [5.41, 5.74) is 1.35. The Morgan fingerprint density at radius 3 is 3.00 bits per heavy atom. The first-order valence-corrected chi connectivity index (χ1v) is 6.66. The van der Waals surface area contributed by atoms with Gasteiger partial charge in [-0.3, -0.25) is 4.79 Å². The molecule has 1 unspecified atom stereocenters. The maximum atomic E-state index is 11.5. The lowest BCUT2D eigenvalue weighted by Gasteiger charge is -2.16. The van der Waals surface area contributed by atoms with Crippen molar-refractivity contribution in [2.45, 2.75) is 46.0 Å². The van der Waals surface area contributed by atoms with Gasteiger partial charge in [0, 0.05) is 12.3 Å². The fraction of sp³-hybridized carbons (Fsp3) is 0.667. The van der Waals surface area contributed by atoms with Crippen molar-refractivity contribution in [3.63, 3.8) is 0 Å². The zero-order valence-electron chi connectivity index (χ0n) is 11.1. The summed E-state index contributed by atoms with van der Waals surface area (Å²) in [5.74, 6) is 0.604. The van der Waals surface area contributed by atoms with E-state index in [1.54, 1.807) is 0 Å². The summed E-state index contributed by atoms with van der Waals surface area (Å²) in [6.07, 6.45) is 11.5. The Kier molecular flexibility index (Phi) is 6.87. The Bertz CT molecular complexity index is 289. The standard InChI is InChI=1S/C15H24O2/c1-3-4-5-10-15(16)12-17-11-14-9-7-6-8-13(14)2/h7-9,14H,3-6,10-12H2,1-2H3. The van der Waals surface area contributed by atoms with Gasteiger partial charge in [0.2, 0.25) is 0 Å². The maximum Gasteiger partial charge on any atom is 0.158 e. The van der Waals surface area contributed by atoms with Gasteiger partial charge in [-0.1, -0.05) is 43.6 Å². The summed E-state index contributed by atoms with van der Waals surface area (Å²) in [6, 6.07) is 0. The molecular formula is C15H24O2. The number of allylic oxidation sites excluding steroid dienone is 2. The van der Waals surface area contributed by atoms with E-state index in [0.717, 1.165) is 25.7 Å². The number of ether oxygens (including phenoxy) is 1. The third kappa shape index (κ3) is 5.83. The van der Waals surface area contributed by atoms with Crippen LogP contribution in [0.15, 0.2) is 23.8 Å². The second kappa shape index (κ2) is 8.24. The molecule has 1 aliphatic rings. The van der Waals surface area contributed by atoms with Crippen LogP contribution in [0, 0.1) is 5.92 Å². The molecule has 0 N–H and O–H groups in total. The molecule has 0 saturated carbocycles. The van der Waals surface area contributed by atoms with E-state index < -0.39 is 0 Å². The van der Waals surface area contributed by atoms with Crippen molar-refractivity contribution >= 4 is 5.78 Å². The Balaban J connectivity index is 2.10. The lowest BCUT2D eigenvalue weighted by molar-refractivity contribution is -0.123. The van der Waals surface area contributed by atoms with Crippen molar-refractivity contribution in [2.24, 2.45) is 5.92 Å². The molecule has 2 nitrogen and oxygen atoms in total. The Labute approximate surface area is 105 Å². The van der Waals surface area contributed by atoms with Crippen LogP contribution in [-0.2, 0) is 9.53 Å². The molecule has 0 aromatic carbocycles. The number of Topliss-reactive ketones (excluding diaryl/α,β-unsaturated/α-hetero) is 1. The van der Waals surface area contributed by atoms with Gasteiger partial charge in [-0.15, -0.1) is 0 Å². The molecule has 0 saturated heterocycles. The Morgan fingerprint density at radius 2 is 2.29 bits per heavy atom. The van der Waals surface area contributed by atoms with E-state index in [9.17, 15) is 4.79 Å². The fourth-order valence-electron chi connectivity index (χ4n) is 1.93. The van der Waals surface area contributed by atoms with Gasteiger partial charge in [-0.2, -0.15) is 0 Å². The van der Waals surface area contributed by atoms with Gasteiger partial charge < -0.3 is 4.74 Å². The van der Waals surface area contributed by atoms with Gasteiger partial charge in [-0.05, 0) is 19.8 Å². The quantitative estimate of drug-likeness (QED) is 0.475. The van der Waals surface area contributed by atoms with E-state index in [1.165, 1.54) is 5.57 Å². The van der Waals surface area contributed by atoms with E-state index in [2.05, 4.69) is 32.1 Å². The van der Waals surface area contributed by atoms with Crippen LogP contribution < -0.4 is 0 Å². The van der Waals surface area contributed by atoms with Crippen molar-refractivity contribution in [2.75, 3.05) is 13.2 Å². The topological polar surface area (TPSA) is 26.3 Å². The number of carbonyl (C=O) groups is 1. The number of hydrogen-bond donors (Lipinski definition) is 0. The van der Waals surface area contributed by atoms with Crippen LogP contribution in [0.1, 0.15) is 46.0 Å². The molecule has 96 valence electrons. The normalized spacial score (nSPS) is 19.2. The number of carbonyl (C=O) groups excluding carboxylic acids is 1. The molecule has 1 rings (SSSR count). The summed E-state index contributed by atoms with van der Waals surface area (Å²) >= 11 is 0. The first kappa shape index (κ1) is 14.2. The molecule has 0 bridgehead atoms. The Morgan fingerprint density at radius 1 is 1.47 bits per heavy atom. The second-order valence-electron chi connectivity index (χ2n) is 4.73. The average Bonchev–Trinajstić information content (AvgIpc) is 2.32. The number of unbranched alkanes of at least 4 members (excludes halogenated alkanes) is 2. The van der Waals surface area contributed by atoms with Crippen LogP contribution in [0.4, 0.5) is 0 Å². The third-order valence-corrected chi connectivity index (χ3v) is 3.15. The second-order valence-corrected chi connectivity index (χ2v) is 4.73. The molecule has 17 heavy (non-hydrogen) atoms. The van der Waals surface area contributed by atoms with Crippen LogP contribution in [-0.4, -0.2) is 19.0 Å². The zero-order valence-corrected chi connectivity index (χ0v) is 11.1. The SMILES string of the molecule is CCCCCC(=O)COCC1C=CCC=C1C. The maximum absolute atomic E-state index is 11.5. The summed E-state index contributed by atoms with van der Waals surface area (Å²) in [7, 11) is 0. The third-order valence-electron chi connectivity index (χ3n) is 3.15. The minimum Gasteiger partial charge on any atom is -0.373 e. The highest BCUT2D eigenvalue weighted by atomic mass is 16.5. The van der Waals surface area contributed by atoms with Crippen LogP contribution in [0.2, 0.25) is 0 Å². The molecular weight excluding hydrogens is 212 g/mol. The highest BCUT2D eigenvalue weighted by molar-refractivity contribution is 5.79. The summed E-state index contributed by atoms with van der Waals surface area (Å²) in [4.78, 5) is 11.5. The minimum absolute atomic E-state index is 0.236. The van der Waals surface area contributed by atoms with E-state index in [0.29, 0.717) is 18.9 Å². The van der Waals surface area contributed by atoms with Gasteiger partial charge >= 0.3 is 0 Å². The summed E-state index contributed by atoms with van der Waals surface area (Å²) in [6.45, 7) is 5.19. The van der Waals surface area contributed by atoms with Crippen LogP contribution >= 0.6 is 0 Å². The molecule has 1 atom stereocenters. The van der Waals surface area contributed by atoms with E-state index in [1.807, 2.05) is 0 Å². The lowest BCUT2D eigenvalue weighted by atomic mass is 9.96. The van der Waals surface area contributed by atoms with Gasteiger partial charge in [0.05, 0.1) is 6.61 Å². The van der Waals surface area contributed by atoms with Crippen molar-refractivity contribution in [1.29, 1.82) is 0 Å². The zero-order chi connectivity index (χ0) is 12.5. The van der Waals surface area contributed by atoms with Crippen LogP contribution in [0.25, 0.3) is 0 Å². The molecule has 0 radical (unpaired) electrons. The van der Waals surface area contributed by atoms with Gasteiger partial charge in [0.25, 0.3) is 0 Å². The molecule has 2 heteroatoms. The van der Waals surface area contributed by atoms with Crippen molar-refractivity contribution in [3.8, 4) is 0 Å². The molecule has 0 spiro atoms. The minimum atomic E-state index is 0.236. The predicted molar refractivity (Wildman–Crippen MR) is 71.0 cm³/mol. The first-order valence-electron chi connectivity index (χ1n) is 6.66. The number of hydrogen-bond acceptors (Lipinski definition) is 2. The molecule has 0 aromatic rings. The monoisotopic (exact) mass is 236 g/mol. The highest BCUT2D eigenvalue weighted by Crippen LogP contribution is 2.18. The highest BCUT2D eigenvalue weighted by Gasteiger charge is 2.10. The average molecular weight is 236 g/mol. The van der Waals surface area contributed by atoms with Gasteiger partial charge in [-0.25, -0.2) is 0 Å². The van der Waals surface area contributed by atoms with Crippen LogP contribution in [0.5, 0.6) is 0 Å². The first-order chi connectivity index (χ1) is 8.24. The molecule has 1 aliphatic carbocycles. The smallest absolute Gasteiger partial charge is 0.158 e. The van der Waals surface area contributed by atoms with Gasteiger partial charge in [0.15, 0.2) is 5.78 Å². The fourth-order valence-corrected chi connectivity index (χ4v) is 1.93. The lowest BCUT2D eigenvalue weighted by Crippen LogP contribution is -2.15. The van der Waals surface area contributed by atoms with E-state index in [4.69, 9.17) is 4.74 Å². The largest absolute Gasteiger partial charge is 0.373 e. The van der Waals surface area contributed by atoms with E-state index in [-0.39, 0.29) is 12.4 Å². The molecule has 0 heterocycles. The van der Waals surface area contributed by atoms with Gasteiger partial charge in [0.1, 0.15) is 6.61 Å². The summed E-state index contributed by atoms with van der Waals surface area (Å²) < 4.78 is 5.49. The van der Waals surface area contributed by atoms with Crippen molar-refractivity contribution in [1.82, 2.24) is 0 Å². The summed E-state index contributed by atoms with van der Waals surface area (Å²) in [5, 5.41) is 0. The number of ketones is 1. The van der Waals surface area contributed by atoms with Crippen LogP contribution in [0.3, 0.4) is 0 Å². The number of rotatable bonds is 8. The predicted octanol–water partition coefficient (Wildman–Crippen LogP) is 3.67. The molecule has 0 aliphatic heterocycles. The Hall–Kier alpha value is -0.890.